The maximum atomic E-state index is 14.5. The zero-order valence-electron chi connectivity index (χ0n) is 21.1. The fraction of sp³-hybridized carbons (Fsp3) is 0.370. The van der Waals surface area contributed by atoms with Gasteiger partial charge >= 0.3 is 6.09 Å². The van der Waals surface area contributed by atoms with E-state index in [1.54, 1.807) is 21.7 Å². The standard InChI is InChI=1S/C27H29BrClFN4O3/c1-16-20(29)6-5-7-23(16)34-24(17-10-12-33(13-11-17)26(36)37-27(2,3)4)19(15-31-34)25(35)32-22-9-8-18(28)14-21(22)30/h5-9,14-15,17H,10-13H2,1-4H3,(H,32,35). The summed E-state index contributed by atoms with van der Waals surface area (Å²) in [4.78, 5) is 27.7. The highest BCUT2D eigenvalue weighted by Gasteiger charge is 2.32. The van der Waals surface area contributed by atoms with Gasteiger partial charge in [0.2, 0.25) is 0 Å². The lowest BCUT2D eigenvalue weighted by atomic mass is 9.90. The van der Waals surface area contributed by atoms with E-state index in [9.17, 15) is 14.0 Å². The number of piperidine rings is 1. The lowest BCUT2D eigenvalue weighted by Gasteiger charge is -2.34. The van der Waals surface area contributed by atoms with E-state index in [0.717, 1.165) is 11.3 Å². The van der Waals surface area contributed by atoms with Crippen molar-refractivity contribution in [1.82, 2.24) is 14.7 Å². The van der Waals surface area contributed by atoms with E-state index in [0.29, 0.717) is 46.7 Å². The molecule has 4 rings (SSSR count). The van der Waals surface area contributed by atoms with Crippen molar-refractivity contribution in [2.24, 2.45) is 0 Å². The highest BCUT2D eigenvalue weighted by molar-refractivity contribution is 9.10. The van der Waals surface area contributed by atoms with Crippen LogP contribution >= 0.6 is 27.5 Å². The van der Waals surface area contributed by atoms with Gasteiger partial charge < -0.3 is 15.0 Å². The Hall–Kier alpha value is -2.91. The molecule has 0 radical (unpaired) electrons. The number of hydrogen-bond donors (Lipinski definition) is 1. The van der Waals surface area contributed by atoms with Crippen molar-refractivity contribution >= 4 is 45.2 Å². The highest BCUT2D eigenvalue weighted by Crippen LogP contribution is 2.35. The number of halogens is 3. The number of benzene rings is 2. The smallest absolute Gasteiger partial charge is 0.410 e. The molecule has 0 saturated carbocycles. The number of nitrogens with one attached hydrogen (secondary N) is 1. The Morgan fingerprint density at radius 2 is 1.89 bits per heavy atom. The second kappa shape index (κ2) is 10.8. The van der Waals surface area contributed by atoms with Crippen LogP contribution in [0.4, 0.5) is 14.9 Å². The van der Waals surface area contributed by atoms with Crippen molar-refractivity contribution in [2.75, 3.05) is 18.4 Å². The number of nitrogens with zero attached hydrogens (tertiary/aromatic N) is 3. The van der Waals surface area contributed by atoms with Crippen LogP contribution in [-0.4, -0.2) is 45.4 Å². The zero-order chi connectivity index (χ0) is 26.9. The van der Waals surface area contributed by atoms with E-state index in [-0.39, 0.29) is 17.7 Å². The van der Waals surface area contributed by atoms with E-state index >= 15 is 0 Å². The van der Waals surface area contributed by atoms with Crippen LogP contribution in [0.3, 0.4) is 0 Å². The topological polar surface area (TPSA) is 76.5 Å². The first-order chi connectivity index (χ1) is 17.4. The van der Waals surface area contributed by atoms with Gasteiger partial charge in [0.25, 0.3) is 5.91 Å². The van der Waals surface area contributed by atoms with Crippen molar-refractivity contribution in [1.29, 1.82) is 0 Å². The Morgan fingerprint density at radius 3 is 2.54 bits per heavy atom. The van der Waals surface area contributed by atoms with Gasteiger partial charge in [-0.2, -0.15) is 5.10 Å². The molecule has 0 atom stereocenters. The Balaban J connectivity index is 1.67. The van der Waals surface area contributed by atoms with Crippen LogP contribution < -0.4 is 5.32 Å². The number of likely N-dealkylation sites (tertiary alicyclic amines) is 1. The molecule has 196 valence electrons. The predicted octanol–water partition coefficient (Wildman–Crippen LogP) is 7.10. The normalized spacial score (nSPS) is 14.5. The van der Waals surface area contributed by atoms with Gasteiger partial charge in [-0.05, 0) is 76.4 Å². The van der Waals surface area contributed by atoms with Gasteiger partial charge in [-0.1, -0.05) is 33.6 Å². The van der Waals surface area contributed by atoms with Gasteiger partial charge in [0, 0.05) is 28.5 Å². The second-order valence-corrected chi connectivity index (χ2v) is 11.4. The molecule has 10 heteroatoms. The van der Waals surface area contributed by atoms with Gasteiger partial charge in [-0.15, -0.1) is 0 Å². The summed E-state index contributed by atoms with van der Waals surface area (Å²) in [6, 6.07) is 9.98. The molecule has 1 saturated heterocycles. The summed E-state index contributed by atoms with van der Waals surface area (Å²) in [5, 5.41) is 7.82. The van der Waals surface area contributed by atoms with Crippen molar-refractivity contribution in [3.05, 3.63) is 74.7 Å². The summed E-state index contributed by atoms with van der Waals surface area (Å²) in [6.07, 6.45) is 2.37. The molecule has 2 heterocycles. The quantitative estimate of drug-likeness (QED) is 0.351. The van der Waals surface area contributed by atoms with E-state index in [2.05, 4.69) is 26.3 Å². The summed E-state index contributed by atoms with van der Waals surface area (Å²) in [5.74, 6) is -1.08. The largest absolute Gasteiger partial charge is 0.444 e. The average Bonchev–Trinajstić information content (AvgIpc) is 3.26. The SMILES string of the molecule is Cc1c(Cl)cccc1-n1ncc(C(=O)Nc2ccc(Br)cc2F)c1C1CCN(C(=O)OC(C)(C)C)CC1. The molecule has 3 aromatic rings. The minimum absolute atomic E-state index is 0.0740. The molecule has 1 fully saturated rings. The molecule has 1 aliphatic heterocycles. The molecule has 2 aromatic carbocycles. The number of amides is 2. The minimum Gasteiger partial charge on any atom is -0.444 e. The molecule has 0 bridgehead atoms. The molecule has 0 aliphatic carbocycles. The Morgan fingerprint density at radius 1 is 1.19 bits per heavy atom. The fourth-order valence-corrected chi connectivity index (χ4v) is 4.89. The van der Waals surface area contributed by atoms with E-state index < -0.39 is 17.3 Å². The summed E-state index contributed by atoms with van der Waals surface area (Å²) >= 11 is 9.62. The van der Waals surface area contributed by atoms with Gasteiger partial charge in [0.05, 0.1) is 28.8 Å². The lowest BCUT2D eigenvalue weighted by Crippen LogP contribution is -2.41. The molecule has 0 spiro atoms. The zero-order valence-corrected chi connectivity index (χ0v) is 23.5. The van der Waals surface area contributed by atoms with Gasteiger partial charge in [-0.3, -0.25) is 4.79 Å². The third kappa shape index (κ3) is 6.15. The minimum atomic E-state index is -0.579. The summed E-state index contributed by atoms with van der Waals surface area (Å²) in [7, 11) is 0. The van der Waals surface area contributed by atoms with Crippen LogP contribution in [0.5, 0.6) is 0 Å². The van der Waals surface area contributed by atoms with Crippen molar-refractivity contribution in [3.63, 3.8) is 0 Å². The third-order valence-corrected chi connectivity index (χ3v) is 7.13. The van der Waals surface area contributed by atoms with Crippen LogP contribution in [0, 0.1) is 12.7 Å². The van der Waals surface area contributed by atoms with Crippen molar-refractivity contribution in [3.8, 4) is 5.69 Å². The number of ether oxygens (including phenoxy) is 1. The molecule has 0 unspecified atom stereocenters. The fourth-order valence-electron chi connectivity index (χ4n) is 4.39. The van der Waals surface area contributed by atoms with Gasteiger partial charge in [0.15, 0.2) is 0 Å². The van der Waals surface area contributed by atoms with Crippen LogP contribution in [0.15, 0.2) is 47.1 Å². The highest BCUT2D eigenvalue weighted by atomic mass is 79.9. The second-order valence-electron chi connectivity index (χ2n) is 10.1. The van der Waals surface area contributed by atoms with Crippen LogP contribution in [0.1, 0.15) is 61.1 Å². The van der Waals surface area contributed by atoms with Crippen LogP contribution in [0.2, 0.25) is 5.02 Å². The molecule has 37 heavy (non-hydrogen) atoms. The number of carbonyl (C=O) groups is 2. The Kier molecular flexibility index (Phi) is 7.94. The van der Waals surface area contributed by atoms with Gasteiger partial charge in [0.1, 0.15) is 11.4 Å². The first kappa shape index (κ1) is 27.1. The number of hydrogen-bond acceptors (Lipinski definition) is 4. The number of rotatable bonds is 4. The Labute approximate surface area is 229 Å². The molecule has 1 aliphatic rings. The third-order valence-electron chi connectivity index (χ3n) is 6.23. The monoisotopic (exact) mass is 590 g/mol. The molecular weight excluding hydrogens is 563 g/mol. The first-order valence-corrected chi connectivity index (χ1v) is 13.2. The van der Waals surface area contributed by atoms with E-state index in [1.165, 1.54) is 18.3 Å². The summed E-state index contributed by atoms with van der Waals surface area (Å²) < 4.78 is 22.3. The maximum Gasteiger partial charge on any atom is 0.410 e. The maximum absolute atomic E-state index is 14.5. The predicted molar refractivity (Wildman–Crippen MR) is 145 cm³/mol. The number of carbonyl (C=O) groups excluding carboxylic acids is 2. The number of anilines is 1. The van der Waals surface area contributed by atoms with Crippen LogP contribution in [0.25, 0.3) is 5.69 Å². The van der Waals surface area contributed by atoms with E-state index in [1.807, 2.05) is 39.8 Å². The van der Waals surface area contributed by atoms with Gasteiger partial charge in [-0.25, -0.2) is 13.9 Å². The lowest BCUT2D eigenvalue weighted by molar-refractivity contribution is 0.0203. The van der Waals surface area contributed by atoms with Crippen molar-refractivity contribution in [2.45, 2.75) is 52.1 Å². The molecule has 7 nitrogen and oxygen atoms in total. The average molecular weight is 592 g/mol. The molecule has 1 aromatic heterocycles. The first-order valence-electron chi connectivity index (χ1n) is 12.0. The molecule has 1 N–H and O–H groups in total. The Bertz CT molecular complexity index is 1330. The summed E-state index contributed by atoms with van der Waals surface area (Å²) in [6.45, 7) is 8.35. The number of aromatic nitrogens is 2. The van der Waals surface area contributed by atoms with Crippen LogP contribution in [-0.2, 0) is 4.74 Å². The molecular formula is C27H29BrClFN4O3. The van der Waals surface area contributed by atoms with Crippen molar-refractivity contribution < 1.29 is 18.7 Å². The summed E-state index contributed by atoms with van der Waals surface area (Å²) in [5.41, 5.74) is 2.12. The van der Waals surface area contributed by atoms with E-state index in [4.69, 9.17) is 16.3 Å². The molecule has 2 amide bonds.